The molecule has 0 bridgehead atoms. The fourth-order valence-corrected chi connectivity index (χ4v) is 1.46. The highest BCUT2D eigenvalue weighted by molar-refractivity contribution is 5.96. The highest BCUT2D eigenvalue weighted by Gasteiger charge is 2.24. The topological polar surface area (TPSA) is 61.5 Å². The molecular weight excluding hydrogens is 206 g/mol. The third-order valence-corrected chi connectivity index (χ3v) is 2.65. The van der Waals surface area contributed by atoms with Crippen molar-refractivity contribution in [3.63, 3.8) is 0 Å². The summed E-state index contributed by atoms with van der Waals surface area (Å²) in [5.41, 5.74) is 6.50. The predicted molar refractivity (Wildman–Crippen MR) is 60.4 cm³/mol. The summed E-state index contributed by atoms with van der Waals surface area (Å²) in [5.74, 6) is 0.681. The molecule has 4 heteroatoms. The molecule has 86 valence electrons. The van der Waals surface area contributed by atoms with Gasteiger partial charge in [0.1, 0.15) is 5.75 Å². The zero-order valence-corrected chi connectivity index (χ0v) is 9.23. The summed E-state index contributed by atoms with van der Waals surface area (Å²) in [6, 6.07) is 5.09. The predicted octanol–water partition coefficient (Wildman–Crippen LogP) is 1.84. The lowest BCUT2D eigenvalue weighted by atomic mass is 10.1. The molecule has 16 heavy (non-hydrogen) atoms. The Morgan fingerprint density at radius 3 is 2.88 bits per heavy atom. The van der Waals surface area contributed by atoms with Gasteiger partial charge in [0.25, 0.3) is 0 Å². The highest BCUT2D eigenvalue weighted by atomic mass is 16.5. The van der Waals surface area contributed by atoms with Crippen LogP contribution in [0.25, 0.3) is 0 Å². The van der Waals surface area contributed by atoms with E-state index in [9.17, 15) is 4.79 Å². The van der Waals surface area contributed by atoms with Gasteiger partial charge < -0.3 is 15.2 Å². The summed E-state index contributed by atoms with van der Waals surface area (Å²) >= 11 is 0. The normalized spacial score (nSPS) is 14.6. The number of methoxy groups -OCH3 is 1. The fourth-order valence-electron chi connectivity index (χ4n) is 1.46. The number of para-hydroxylation sites is 1. The summed E-state index contributed by atoms with van der Waals surface area (Å²) in [7, 11) is 1.52. The largest absolute Gasteiger partial charge is 0.495 e. The van der Waals surface area contributed by atoms with E-state index in [1.165, 1.54) is 7.11 Å². The second-order valence-corrected chi connectivity index (χ2v) is 3.96. The van der Waals surface area contributed by atoms with Crippen LogP contribution >= 0.6 is 0 Å². The van der Waals surface area contributed by atoms with E-state index < -0.39 is 0 Å². The number of nitrogen functional groups attached to an aromatic ring is 1. The Morgan fingerprint density at radius 2 is 2.25 bits per heavy atom. The third-order valence-electron chi connectivity index (χ3n) is 2.65. The van der Waals surface area contributed by atoms with Crippen LogP contribution in [0.1, 0.15) is 23.2 Å². The lowest BCUT2D eigenvalue weighted by Gasteiger charge is -2.09. The average molecular weight is 221 g/mol. The molecule has 0 saturated heterocycles. The minimum Gasteiger partial charge on any atom is -0.495 e. The van der Waals surface area contributed by atoms with Crippen LogP contribution in [-0.4, -0.2) is 19.7 Å². The van der Waals surface area contributed by atoms with Crippen LogP contribution in [0.4, 0.5) is 5.69 Å². The van der Waals surface area contributed by atoms with Gasteiger partial charge in [-0.2, -0.15) is 0 Å². The maximum atomic E-state index is 11.7. The first-order valence-electron chi connectivity index (χ1n) is 5.32. The van der Waals surface area contributed by atoms with Crippen LogP contribution in [-0.2, 0) is 4.74 Å². The minimum absolute atomic E-state index is 0.339. The average Bonchev–Trinajstić information content (AvgIpc) is 3.10. The second-order valence-electron chi connectivity index (χ2n) is 3.96. The molecule has 1 fully saturated rings. The molecule has 1 aliphatic carbocycles. The molecule has 1 aromatic rings. The Labute approximate surface area is 94.3 Å². The summed E-state index contributed by atoms with van der Waals surface area (Å²) < 4.78 is 10.2. The molecule has 4 nitrogen and oxygen atoms in total. The number of carbonyl (C=O) groups excluding carboxylic acids is 1. The molecule has 0 heterocycles. The second kappa shape index (κ2) is 4.43. The molecule has 1 saturated carbocycles. The molecule has 0 radical (unpaired) electrons. The van der Waals surface area contributed by atoms with E-state index in [0.717, 1.165) is 12.8 Å². The van der Waals surface area contributed by atoms with Gasteiger partial charge in [0.2, 0.25) is 0 Å². The summed E-state index contributed by atoms with van der Waals surface area (Å²) in [5, 5.41) is 0. The van der Waals surface area contributed by atoms with Crippen molar-refractivity contribution >= 4 is 11.7 Å². The van der Waals surface area contributed by atoms with E-state index in [1.54, 1.807) is 18.2 Å². The fraction of sp³-hybridized carbons (Fsp3) is 0.417. The zero-order valence-electron chi connectivity index (χ0n) is 9.23. The number of ether oxygens (including phenoxy) is 2. The Balaban J connectivity index is 2.08. The van der Waals surface area contributed by atoms with Crippen molar-refractivity contribution in [2.24, 2.45) is 5.92 Å². The molecule has 1 aromatic carbocycles. The Morgan fingerprint density at radius 1 is 1.50 bits per heavy atom. The minimum atomic E-state index is -0.372. The quantitative estimate of drug-likeness (QED) is 0.622. The first-order chi connectivity index (χ1) is 7.72. The number of esters is 1. The SMILES string of the molecule is COc1cccc(C(=O)OCC2CC2)c1N. The molecule has 0 unspecified atom stereocenters. The zero-order chi connectivity index (χ0) is 11.5. The first-order valence-corrected chi connectivity index (χ1v) is 5.32. The van der Waals surface area contributed by atoms with Crippen LogP contribution in [0.15, 0.2) is 18.2 Å². The Hall–Kier alpha value is -1.71. The van der Waals surface area contributed by atoms with Gasteiger partial charge >= 0.3 is 5.97 Å². The van der Waals surface area contributed by atoms with Crippen molar-refractivity contribution in [3.05, 3.63) is 23.8 Å². The monoisotopic (exact) mass is 221 g/mol. The van der Waals surface area contributed by atoms with Gasteiger partial charge in [-0.05, 0) is 30.9 Å². The maximum Gasteiger partial charge on any atom is 0.340 e. The van der Waals surface area contributed by atoms with E-state index in [1.807, 2.05) is 0 Å². The lowest BCUT2D eigenvalue weighted by molar-refractivity contribution is 0.0487. The van der Waals surface area contributed by atoms with Crippen molar-refractivity contribution in [2.45, 2.75) is 12.8 Å². The van der Waals surface area contributed by atoms with Gasteiger partial charge in [-0.15, -0.1) is 0 Å². The van der Waals surface area contributed by atoms with Crippen LogP contribution in [0.2, 0.25) is 0 Å². The summed E-state index contributed by atoms with van der Waals surface area (Å²) in [4.78, 5) is 11.7. The molecule has 0 spiro atoms. The van der Waals surface area contributed by atoms with Crippen molar-refractivity contribution in [2.75, 3.05) is 19.5 Å². The van der Waals surface area contributed by atoms with Gasteiger partial charge in [0.15, 0.2) is 0 Å². The number of hydrogen-bond donors (Lipinski definition) is 1. The number of hydrogen-bond acceptors (Lipinski definition) is 4. The molecule has 0 aliphatic heterocycles. The molecule has 0 amide bonds. The van der Waals surface area contributed by atoms with Crippen LogP contribution in [0, 0.1) is 5.92 Å². The highest BCUT2D eigenvalue weighted by Crippen LogP contribution is 2.30. The first kappa shape index (κ1) is 10.8. The lowest BCUT2D eigenvalue weighted by Crippen LogP contribution is -2.10. The standard InChI is InChI=1S/C12H15NO3/c1-15-10-4-2-3-9(11(10)13)12(14)16-7-8-5-6-8/h2-4,8H,5-7,13H2,1H3. The van der Waals surface area contributed by atoms with E-state index in [2.05, 4.69) is 0 Å². The van der Waals surface area contributed by atoms with Gasteiger partial charge in [0, 0.05) is 0 Å². The smallest absolute Gasteiger partial charge is 0.340 e. The van der Waals surface area contributed by atoms with E-state index in [-0.39, 0.29) is 5.97 Å². The molecule has 0 atom stereocenters. The van der Waals surface area contributed by atoms with Gasteiger partial charge in [-0.1, -0.05) is 6.07 Å². The Bertz CT molecular complexity index is 399. The molecule has 2 rings (SSSR count). The number of anilines is 1. The number of benzene rings is 1. The van der Waals surface area contributed by atoms with Crippen LogP contribution in [0.3, 0.4) is 0 Å². The van der Waals surface area contributed by atoms with Crippen LogP contribution < -0.4 is 10.5 Å². The van der Waals surface area contributed by atoms with Crippen molar-refractivity contribution < 1.29 is 14.3 Å². The molecule has 0 aromatic heterocycles. The molecule has 2 N–H and O–H groups in total. The molecular formula is C12H15NO3. The Kier molecular flexibility index (Phi) is 2.99. The summed E-state index contributed by atoms with van der Waals surface area (Å²) in [6.45, 7) is 0.496. The van der Waals surface area contributed by atoms with Crippen molar-refractivity contribution in [1.82, 2.24) is 0 Å². The van der Waals surface area contributed by atoms with E-state index >= 15 is 0 Å². The summed E-state index contributed by atoms with van der Waals surface area (Å²) in [6.07, 6.45) is 2.31. The number of nitrogens with two attached hydrogens (primary N) is 1. The van der Waals surface area contributed by atoms with Gasteiger partial charge in [-0.3, -0.25) is 0 Å². The van der Waals surface area contributed by atoms with Crippen molar-refractivity contribution in [3.8, 4) is 5.75 Å². The van der Waals surface area contributed by atoms with Crippen molar-refractivity contribution in [1.29, 1.82) is 0 Å². The number of carbonyl (C=O) groups is 1. The van der Waals surface area contributed by atoms with Crippen LogP contribution in [0.5, 0.6) is 5.75 Å². The third kappa shape index (κ3) is 2.27. The maximum absolute atomic E-state index is 11.7. The van der Waals surface area contributed by atoms with Gasteiger partial charge in [0.05, 0.1) is 25.0 Å². The van der Waals surface area contributed by atoms with E-state index in [4.69, 9.17) is 15.2 Å². The van der Waals surface area contributed by atoms with E-state index in [0.29, 0.717) is 29.5 Å². The number of rotatable bonds is 4. The van der Waals surface area contributed by atoms with Gasteiger partial charge in [-0.25, -0.2) is 4.79 Å². The molecule has 1 aliphatic rings.